The summed E-state index contributed by atoms with van der Waals surface area (Å²) < 4.78 is 19.9. The maximum absolute atomic E-state index is 10.0. The fraction of sp³-hybridized carbons (Fsp3) is 0.333. The average molecular weight is 297 g/mol. The topological polar surface area (TPSA) is 141 Å². The first-order valence-corrected chi connectivity index (χ1v) is 9.32. The van der Waals surface area contributed by atoms with Crippen LogP contribution < -0.4 is 5.73 Å². The SMILES string of the molecule is CP(=O)(O)P(=O)(O)O.Nc1cccc(CCO)c1. The number of hydrogen-bond acceptors (Lipinski definition) is 4. The van der Waals surface area contributed by atoms with Gasteiger partial charge in [0.15, 0.2) is 0 Å². The smallest absolute Gasteiger partial charge is 0.399 e. The predicted octanol–water partition coefficient (Wildman–Crippen LogP) is 0.783. The van der Waals surface area contributed by atoms with E-state index in [2.05, 4.69) is 0 Å². The van der Waals surface area contributed by atoms with Crippen LogP contribution in [0.1, 0.15) is 5.56 Å². The van der Waals surface area contributed by atoms with Crippen LogP contribution in [0.2, 0.25) is 0 Å². The maximum Gasteiger partial charge on any atom is 0.407 e. The molecule has 1 atom stereocenters. The highest BCUT2D eigenvalue weighted by atomic mass is 32.1. The van der Waals surface area contributed by atoms with Gasteiger partial charge in [-0.1, -0.05) is 12.1 Å². The van der Waals surface area contributed by atoms with Crippen molar-refractivity contribution >= 4 is 20.0 Å². The maximum atomic E-state index is 10.0. The molecule has 0 spiro atoms. The van der Waals surface area contributed by atoms with Crippen LogP contribution in [0.3, 0.4) is 0 Å². The standard InChI is InChI=1S/C8H11NO.CH6O5P2/c9-8-3-1-2-7(6-8)4-5-10;1-7(2,3)8(4,5)6/h1-3,6,10H,4-5,9H2;1H3,(H,2,3)(H2,4,5,6). The predicted molar refractivity (Wildman–Crippen MR) is 69.4 cm³/mol. The minimum atomic E-state index is -4.74. The van der Waals surface area contributed by atoms with Gasteiger partial charge in [-0.15, -0.1) is 0 Å². The average Bonchev–Trinajstić information content (AvgIpc) is 2.15. The van der Waals surface area contributed by atoms with Gasteiger partial charge >= 0.3 is 14.3 Å². The summed E-state index contributed by atoms with van der Waals surface area (Å²) in [6.45, 7) is 0.803. The molecule has 9 heteroatoms. The van der Waals surface area contributed by atoms with E-state index in [1.165, 1.54) is 0 Å². The Hall–Kier alpha value is -0.680. The van der Waals surface area contributed by atoms with Crippen LogP contribution in [-0.4, -0.2) is 33.1 Å². The molecule has 0 saturated carbocycles. The summed E-state index contributed by atoms with van der Waals surface area (Å²) in [5.41, 5.74) is 7.35. The number of anilines is 1. The van der Waals surface area contributed by atoms with E-state index in [4.69, 9.17) is 25.5 Å². The summed E-state index contributed by atoms with van der Waals surface area (Å²) >= 11 is 0. The van der Waals surface area contributed by atoms with Gasteiger partial charge in [0.2, 0.25) is 0 Å². The Bertz CT molecular complexity index is 446. The van der Waals surface area contributed by atoms with Crippen molar-refractivity contribution in [2.24, 2.45) is 0 Å². The molecule has 7 nitrogen and oxygen atoms in total. The molecule has 104 valence electrons. The summed E-state index contributed by atoms with van der Waals surface area (Å²) in [6.07, 6.45) is 0.686. The van der Waals surface area contributed by atoms with Crippen LogP contribution in [0.4, 0.5) is 5.69 Å². The number of rotatable bonds is 3. The van der Waals surface area contributed by atoms with Crippen molar-refractivity contribution < 1.29 is 28.9 Å². The molecule has 0 aliphatic carbocycles. The Morgan fingerprint density at radius 1 is 1.22 bits per heavy atom. The minimum Gasteiger partial charge on any atom is -0.399 e. The normalized spacial score (nSPS) is 14.3. The Balaban J connectivity index is 0.000000331. The first-order valence-electron chi connectivity index (χ1n) is 4.89. The summed E-state index contributed by atoms with van der Waals surface area (Å²) in [7, 11) is -8.92. The first kappa shape index (κ1) is 17.3. The molecule has 6 N–H and O–H groups in total. The highest BCUT2D eigenvalue weighted by molar-refractivity contribution is 8.28. The minimum absolute atomic E-state index is 0.184. The summed E-state index contributed by atoms with van der Waals surface area (Å²) in [5.74, 6) is 0. The number of aliphatic hydroxyl groups excluding tert-OH is 1. The van der Waals surface area contributed by atoms with E-state index in [0.29, 0.717) is 13.1 Å². The Morgan fingerprint density at radius 3 is 2.06 bits per heavy atom. The van der Waals surface area contributed by atoms with Gasteiger partial charge < -0.3 is 25.5 Å². The molecule has 0 heterocycles. The second-order valence-electron chi connectivity index (χ2n) is 3.57. The van der Waals surface area contributed by atoms with Gasteiger partial charge in [0.1, 0.15) is 0 Å². The van der Waals surface area contributed by atoms with Gasteiger partial charge in [0.25, 0.3) is 0 Å². The Kier molecular flexibility index (Phi) is 6.78. The van der Waals surface area contributed by atoms with Crippen LogP contribution in [-0.2, 0) is 15.6 Å². The second kappa shape index (κ2) is 7.04. The molecule has 0 fully saturated rings. The van der Waals surface area contributed by atoms with Crippen LogP contribution >= 0.6 is 14.3 Å². The first-order chi connectivity index (χ1) is 8.08. The van der Waals surface area contributed by atoms with Gasteiger partial charge in [-0.05, 0) is 24.1 Å². The van der Waals surface area contributed by atoms with E-state index < -0.39 is 14.3 Å². The molecule has 1 aromatic carbocycles. The molecule has 1 aromatic rings. The number of aliphatic hydroxyl groups is 1. The molecule has 0 bridgehead atoms. The Morgan fingerprint density at radius 2 is 1.72 bits per heavy atom. The lowest BCUT2D eigenvalue weighted by Gasteiger charge is -2.04. The third-order valence-corrected chi connectivity index (χ3v) is 5.70. The number of nitrogen functional groups attached to an aromatic ring is 1. The van der Waals surface area contributed by atoms with Crippen molar-refractivity contribution in [2.75, 3.05) is 19.0 Å². The fourth-order valence-electron chi connectivity index (χ4n) is 0.878. The van der Waals surface area contributed by atoms with Crippen molar-refractivity contribution in [3.63, 3.8) is 0 Å². The molecule has 18 heavy (non-hydrogen) atoms. The Labute approximate surface area is 105 Å². The molecular formula is C9H17NO6P2. The van der Waals surface area contributed by atoms with Gasteiger partial charge in [-0.25, -0.2) is 4.57 Å². The van der Waals surface area contributed by atoms with Crippen molar-refractivity contribution in [3.8, 4) is 0 Å². The van der Waals surface area contributed by atoms with E-state index >= 15 is 0 Å². The largest absolute Gasteiger partial charge is 0.407 e. The zero-order valence-electron chi connectivity index (χ0n) is 9.80. The zero-order chi connectivity index (χ0) is 14.4. The lowest BCUT2D eigenvalue weighted by Crippen LogP contribution is -1.91. The second-order valence-corrected chi connectivity index (χ2v) is 10.1. The lowest BCUT2D eigenvalue weighted by atomic mass is 10.1. The third-order valence-electron chi connectivity index (χ3n) is 1.83. The van der Waals surface area contributed by atoms with Gasteiger partial charge in [0, 0.05) is 19.0 Å². The quantitative estimate of drug-likeness (QED) is 0.410. The number of nitrogens with two attached hydrogens (primary N) is 1. The van der Waals surface area contributed by atoms with Gasteiger partial charge in [-0.3, -0.25) is 4.57 Å². The van der Waals surface area contributed by atoms with E-state index in [1.807, 2.05) is 24.3 Å². The van der Waals surface area contributed by atoms with E-state index in [9.17, 15) is 9.13 Å². The molecule has 1 rings (SSSR count). The van der Waals surface area contributed by atoms with Crippen molar-refractivity contribution in [2.45, 2.75) is 6.42 Å². The van der Waals surface area contributed by atoms with Gasteiger partial charge in [-0.2, -0.15) is 0 Å². The van der Waals surface area contributed by atoms with Crippen molar-refractivity contribution in [1.29, 1.82) is 0 Å². The number of benzene rings is 1. The van der Waals surface area contributed by atoms with Crippen LogP contribution in [0.5, 0.6) is 0 Å². The van der Waals surface area contributed by atoms with E-state index in [-0.39, 0.29) is 6.61 Å². The summed E-state index contributed by atoms with van der Waals surface area (Å²) in [4.78, 5) is 24.1. The third kappa shape index (κ3) is 6.91. The molecular weight excluding hydrogens is 280 g/mol. The van der Waals surface area contributed by atoms with Crippen LogP contribution in [0.25, 0.3) is 0 Å². The van der Waals surface area contributed by atoms with E-state index in [1.54, 1.807) is 0 Å². The summed E-state index contributed by atoms with van der Waals surface area (Å²) in [5, 5.41) is 8.57. The highest BCUT2D eigenvalue weighted by Crippen LogP contribution is 2.71. The van der Waals surface area contributed by atoms with Crippen LogP contribution in [0, 0.1) is 0 Å². The van der Waals surface area contributed by atoms with Gasteiger partial charge in [0.05, 0.1) is 0 Å². The lowest BCUT2D eigenvalue weighted by molar-refractivity contribution is 0.299. The molecule has 0 radical (unpaired) electrons. The fourth-order valence-corrected chi connectivity index (χ4v) is 0.878. The monoisotopic (exact) mass is 297 g/mol. The van der Waals surface area contributed by atoms with Crippen molar-refractivity contribution in [1.82, 2.24) is 0 Å². The van der Waals surface area contributed by atoms with E-state index in [0.717, 1.165) is 11.3 Å². The highest BCUT2D eigenvalue weighted by Gasteiger charge is 2.33. The van der Waals surface area contributed by atoms with Crippen molar-refractivity contribution in [3.05, 3.63) is 29.8 Å². The molecule has 0 aromatic heterocycles. The summed E-state index contributed by atoms with van der Waals surface area (Å²) in [6, 6.07) is 7.55. The molecule has 0 aliphatic rings. The molecule has 1 unspecified atom stereocenters. The molecule has 0 saturated heterocycles. The number of hydrogen-bond donors (Lipinski definition) is 5. The molecule has 0 amide bonds. The van der Waals surface area contributed by atoms with Crippen LogP contribution in [0.15, 0.2) is 24.3 Å². The zero-order valence-corrected chi connectivity index (χ0v) is 11.6. The molecule has 0 aliphatic heterocycles.